The highest BCUT2D eigenvalue weighted by atomic mass is 19.4. The second-order valence-electron chi connectivity index (χ2n) is 9.80. The molecule has 0 radical (unpaired) electrons. The molecule has 3 fully saturated rings. The fourth-order valence-corrected chi connectivity index (χ4v) is 5.27. The molecule has 3 aliphatic rings. The summed E-state index contributed by atoms with van der Waals surface area (Å²) in [7, 11) is 2.15. The number of pyridine rings is 2. The van der Waals surface area contributed by atoms with Gasteiger partial charge in [-0.2, -0.15) is 13.2 Å². The molecule has 0 saturated carbocycles. The van der Waals surface area contributed by atoms with E-state index < -0.39 is 11.7 Å². The van der Waals surface area contributed by atoms with Gasteiger partial charge < -0.3 is 25.2 Å². The van der Waals surface area contributed by atoms with Crippen LogP contribution in [0.25, 0.3) is 0 Å². The van der Waals surface area contributed by atoms with Crippen LogP contribution in [0.2, 0.25) is 0 Å². The van der Waals surface area contributed by atoms with Gasteiger partial charge >= 0.3 is 6.18 Å². The molecule has 1 amide bonds. The highest BCUT2D eigenvalue weighted by Crippen LogP contribution is 2.36. The first-order chi connectivity index (χ1) is 17.8. The monoisotopic (exact) mass is 519 g/mol. The molecule has 12 heteroatoms. The molecule has 0 spiro atoms. The number of likely N-dealkylation sites (tertiary alicyclic amines) is 1. The van der Waals surface area contributed by atoms with E-state index in [-0.39, 0.29) is 24.0 Å². The van der Waals surface area contributed by atoms with Crippen molar-refractivity contribution in [1.29, 1.82) is 0 Å². The Kier molecular flexibility index (Phi) is 7.38. The van der Waals surface area contributed by atoms with E-state index in [2.05, 4.69) is 37.4 Å². The number of halogens is 3. The summed E-state index contributed by atoms with van der Waals surface area (Å²) in [5, 5.41) is 5.95. The van der Waals surface area contributed by atoms with E-state index in [0.29, 0.717) is 56.9 Å². The van der Waals surface area contributed by atoms with Crippen molar-refractivity contribution in [3.8, 4) is 0 Å². The summed E-state index contributed by atoms with van der Waals surface area (Å²) in [5.41, 5.74) is -0.248. The van der Waals surface area contributed by atoms with Gasteiger partial charge in [0.05, 0.1) is 42.8 Å². The summed E-state index contributed by atoms with van der Waals surface area (Å²) in [6.45, 7) is 4.10. The summed E-state index contributed by atoms with van der Waals surface area (Å²) in [6, 6.07) is 6.19. The number of fused-ring (bicyclic) bond motifs is 2. The van der Waals surface area contributed by atoms with Crippen LogP contribution in [0.1, 0.15) is 24.8 Å². The Labute approximate surface area is 214 Å². The van der Waals surface area contributed by atoms with Crippen molar-refractivity contribution >= 4 is 28.9 Å². The van der Waals surface area contributed by atoms with E-state index in [1.807, 2.05) is 12.1 Å². The van der Waals surface area contributed by atoms with E-state index in [9.17, 15) is 18.0 Å². The smallest absolute Gasteiger partial charge is 0.384 e. The number of hydrogen-bond donors (Lipinski definition) is 2. The van der Waals surface area contributed by atoms with E-state index >= 15 is 0 Å². The summed E-state index contributed by atoms with van der Waals surface area (Å²) < 4.78 is 46.1. The molecular formula is C25H32F3N7O2. The van der Waals surface area contributed by atoms with Crippen molar-refractivity contribution in [1.82, 2.24) is 19.8 Å². The van der Waals surface area contributed by atoms with E-state index in [1.54, 1.807) is 11.1 Å². The summed E-state index contributed by atoms with van der Waals surface area (Å²) >= 11 is 0. The minimum atomic E-state index is -4.54. The van der Waals surface area contributed by atoms with E-state index in [1.165, 1.54) is 6.07 Å². The number of rotatable bonds is 8. The largest absolute Gasteiger partial charge is 0.419 e. The Morgan fingerprint density at radius 3 is 2.70 bits per heavy atom. The van der Waals surface area contributed by atoms with Gasteiger partial charge in [-0.25, -0.2) is 9.97 Å². The lowest BCUT2D eigenvalue weighted by atomic mass is 10.2. The van der Waals surface area contributed by atoms with Gasteiger partial charge in [0, 0.05) is 57.1 Å². The predicted molar refractivity (Wildman–Crippen MR) is 134 cm³/mol. The highest BCUT2D eigenvalue weighted by Gasteiger charge is 2.41. The molecule has 5 heterocycles. The van der Waals surface area contributed by atoms with Crippen LogP contribution in [0, 0.1) is 0 Å². The molecule has 0 aliphatic carbocycles. The lowest BCUT2D eigenvalue weighted by molar-refractivity contribution is -0.137. The molecule has 9 nitrogen and oxygen atoms in total. The molecule has 5 rings (SSSR count). The first-order valence-electron chi connectivity index (χ1n) is 12.6. The first kappa shape index (κ1) is 25.5. The average molecular weight is 520 g/mol. The normalized spacial score (nSPS) is 22.4. The SMILES string of the molecule is CN1CC2CC1CN2c1ccc(Nc2cc(NCCCN3CCOCCC3=O)c(C(F)(F)F)cn2)cn1. The third kappa shape index (κ3) is 5.90. The molecule has 37 heavy (non-hydrogen) atoms. The standard InChI is InChI=1S/C25H32F3N7O2/c1-33-15-19-11-18(33)16-35(19)23-4-3-17(13-31-23)32-22-12-21(20(14-30-22)25(26,27)28)29-6-2-7-34-8-10-37-9-5-24(34)36/h3-4,12-14,18-19H,2,5-11,15-16H2,1H3,(H2,29,30,32). The van der Waals surface area contributed by atoms with Crippen LogP contribution < -0.4 is 15.5 Å². The molecule has 2 N–H and O–H groups in total. The summed E-state index contributed by atoms with van der Waals surface area (Å²) in [4.78, 5) is 27.0. The molecule has 2 bridgehead atoms. The van der Waals surface area contributed by atoms with Crippen LogP contribution in [0.5, 0.6) is 0 Å². The van der Waals surface area contributed by atoms with Gasteiger partial charge in [0.25, 0.3) is 0 Å². The number of amides is 1. The van der Waals surface area contributed by atoms with Gasteiger partial charge in [0.2, 0.25) is 5.91 Å². The lowest BCUT2D eigenvalue weighted by Crippen LogP contribution is -2.44. The molecule has 0 aromatic carbocycles. The van der Waals surface area contributed by atoms with Crippen molar-refractivity contribution in [2.75, 3.05) is 68.5 Å². The summed E-state index contributed by atoms with van der Waals surface area (Å²) in [5.74, 6) is 1.20. The molecule has 2 atom stereocenters. The topological polar surface area (TPSA) is 85.9 Å². The maximum Gasteiger partial charge on any atom is 0.419 e. The Bertz CT molecular complexity index is 1100. The number of carbonyl (C=O) groups is 1. The van der Waals surface area contributed by atoms with Crippen LogP contribution in [0.4, 0.5) is 36.2 Å². The van der Waals surface area contributed by atoms with Crippen LogP contribution in [0.15, 0.2) is 30.6 Å². The zero-order valence-electron chi connectivity index (χ0n) is 20.8. The molecular weight excluding hydrogens is 487 g/mol. The number of nitrogens with one attached hydrogen (secondary N) is 2. The summed E-state index contributed by atoms with van der Waals surface area (Å²) in [6.07, 6.45) is -0.0471. The number of piperazine rings is 1. The van der Waals surface area contributed by atoms with Crippen LogP contribution >= 0.6 is 0 Å². The van der Waals surface area contributed by atoms with E-state index in [4.69, 9.17) is 4.74 Å². The molecule has 2 unspecified atom stereocenters. The number of hydrogen-bond acceptors (Lipinski definition) is 8. The molecule has 2 aromatic heterocycles. The molecule has 2 aromatic rings. The third-order valence-electron chi connectivity index (χ3n) is 7.28. The minimum absolute atomic E-state index is 0.00748. The second-order valence-corrected chi connectivity index (χ2v) is 9.80. The maximum atomic E-state index is 13.6. The number of carbonyl (C=O) groups excluding carboxylic acids is 1. The Hall–Kier alpha value is -3.12. The molecule has 3 saturated heterocycles. The predicted octanol–water partition coefficient (Wildman–Crippen LogP) is 3.18. The number of ether oxygens (including phenoxy) is 1. The van der Waals surface area contributed by atoms with Crippen molar-refractivity contribution in [3.63, 3.8) is 0 Å². The van der Waals surface area contributed by atoms with Crippen molar-refractivity contribution in [2.45, 2.75) is 37.5 Å². The average Bonchev–Trinajstić information content (AvgIpc) is 3.37. The van der Waals surface area contributed by atoms with Gasteiger partial charge in [0.1, 0.15) is 11.6 Å². The van der Waals surface area contributed by atoms with Gasteiger partial charge in [-0.1, -0.05) is 0 Å². The zero-order chi connectivity index (χ0) is 26.0. The van der Waals surface area contributed by atoms with Crippen LogP contribution in [0.3, 0.4) is 0 Å². The fourth-order valence-electron chi connectivity index (χ4n) is 5.27. The highest BCUT2D eigenvalue weighted by molar-refractivity contribution is 5.76. The molecule has 200 valence electrons. The van der Waals surface area contributed by atoms with Gasteiger partial charge in [-0.3, -0.25) is 9.69 Å². The first-order valence-corrected chi connectivity index (χ1v) is 12.6. The van der Waals surface area contributed by atoms with E-state index in [0.717, 1.165) is 31.5 Å². The Balaban J connectivity index is 1.21. The van der Waals surface area contributed by atoms with Gasteiger partial charge in [0.15, 0.2) is 0 Å². The van der Waals surface area contributed by atoms with Crippen LogP contribution in [-0.2, 0) is 15.7 Å². The van der Waals surface area contributed by atoms with Gasteiger partial charge in [-0.05, 0) is 32.0 Å². The minimum Gasteiger partial charge on any atom is -0.384 e. The number of alkyl halides is 3. The number of anilines is 4. The van der Waals surface area contributed by atoms with Crippen molar-refractivity contribution < 1.29 is 22.7 Å². The zero-order valence-corrected chi connectivity index (χ0v) is 20.8. The Morgan fingerprint density at radius 1 is 1.14 bits per heavy atom. The Morgan fingerprint density at radius 2 is 2.00 bits per heavy atom. The quantitative estimate of drug-likeness (QED) is 0.515. The number of likely N-dealkylation sites (N-methyl/N-ethyl adjacent to an activating group) is 1. The van der Waals surface area contributed by atoms with Crippen molar-refractivity contribution in [2.24, 2.45) is 0 Å². The molecule has 3 aliphatic heterocycles. The maximum absolute atomic E-state index is 13.6. The lowest BCUT2D eigenvalue weighted by Gasteiger charge is -2.32. The van der Waals surface area contributed by atoms with Gasteiger partial charge in [-0.15, -0.1) is 0 Å². The van der Waals surface area contributed by atoms with Crippen LogP contribution in [-0.4, -0.2) is 90.7 Å². The fraction of sp³-hybridized carbons (Fsp3) is 0.560. The number of aromatic nitrogens is 2. The second kappa shape index (κ2) is 10.7. The van der Waals surface area contributed by atoms with Crippen molar-refractivity contribution in [3.05, 3.63) is 36.2 Å². The third-order valence-corrected chi connectivity index (χ3v) is 7.28. The number of nitrogens with zero attached hydrogens (tertiary/aromatic N) is 5.